The maximum Gasteiger partial charge on any atom is 0.303 e. The van der Waals surface area contributed by atoms with Gasteiger partial charge in [0, 0.05) is 12.1 Å². The second-order valence-electron chi connectivity index (χ2n) is 6.73. The molecule has 1 heterocycles. The molecule has 3 rings (SSSR count). The van der Waals surface area contributed by atoms with Crippen molar-refractivity contribution in [3.8, 4) is 0 Å². The monoisotopic (exact) mass is 305 g/mol. The second kappa shape index (κ2) is 6.78. The van der Waals surface area contributed by atoms with Crippen LogP contribution in [0, 0.1) is 11.7 Å². The molecule has 1 N–H and O–H groups in total. The van der Waals surface area contributed by atoms with Crippen molar-refractivity contribution in [3.05, 3.63) is 35.1 Å². The van der Waals surface area contributed by atoms with Crippen LogP contribution in [0.15, 0.2) is 18.2 Å². The van der Waals surface area contributed by atoms with Gasteiger partial charge in [-0.05, 0) is 62.2 Å². The summed E-state index contributed by atoms with van der Waals surface area (Å²) in [5, 5.41) is 9.06. The number of aliphatic carboxylic acids is 1. The molecule has 1 aromatic rings. The number of carboxylic acids is 1. The summed E-state index contributed by atoms with van der Waals surface area (Å²) in [6.45, 7) is 2.76. The van der Waals surface area contributed by atoms with Crippen molar-refractivity contribution in [1.29, 1.82) is 0 Å². The summed E-state index contributed by atoms with van der Waals surface area (Å²) in [6, 6.07) is 5.37. The van der Waals surface area contributed by atoms with Crippen LogP contribution in [-0.4, -0.2) is 29.1 Å². The van der Waals surface area contributed by atoms with E-state index in [-0.39, 0.29) is 18.2 Å². The minimum Gasteiger partial charge on any atom is -0.481 e. The number of piperidine rings is 1. The number of carboxylic acid groups (broad SMARTS) is 1. The van der Waals surface area contributed by atoms with Crippen LogP contribution in [0.25, 0.3) is 0 Å². The maximum atomic E-state index is 14.4. The third-order valence-electron chi connectivity index (χ3n) is 4.93. The van der Waals surface area contributed by atoms with E-state index in [1.54, 1.807) is 6.07 Å². The van der Waals surface area contributed by atoms with Crippen LogP contribution in [0.2, 0.25) is 0 Å². The van der Waals surface area contributed by atoms with E-state index >= 15 is 0 Å². The smallest absolute Gasteiger partial charge is 0.303 e. The molecule has 1 unspecified atom stereocenters. The Balaban J connectivity index is 1.71. The third-order valence-corrected chi connectivity index (χ3v) is 4.93. The van der Waals surface area contributed by atoms with E-state index in [1.165, 1.54) is 19.3 Å². The minimum absolute atomic E-state index is 0.0314. The van der Waals surface area contributed by atoms with E-state index in [4.69, 9.17) is 5.11 Å². The van der Waals surface area contributed by atoms with Crippen molar-refractivity contribution < 1.29 is 14.3 Å². The van der Waals surface area contributed by atoms with E-state index in [1.807, 2.05) is 12.1 Å². The molecule has 0 radical (unpaired) electrons. The lowest BCUT2D eigenvalue weighted by Crippen LogP contribution is -2.29. The van der Waals surface area contributed by atoms with Gasteiger partial charge in [0.15, 0.2) is 0 Å². The predicted molar refractivity (Wildman–Crippen MR) is 83.2 cm³/mol. The SMILES string of the molecule is O=C(O)CC(c1ccc(CN2CCCCC2)c(F)c1)C1CC1. The Kier molecular flexibility index (Phi) is 4.77. The molecule has 0 spiro atoms. The van der Waals surface area contributed by atoms with Crippen LogP contribution in [0.4, 0.5) is 4.39 Å². The lowest BCUT2D eigenvalue weighted by atomic mass is 9.90. The highest BCUT2D eigenvalue weighted by Crippen LogP contribution is 2.44. The first-order valence-corrected chi connectivity index (χ1v) is 8.36. The first-order valence-electron chi connectivity index (χ1n) is 8.36. The van der Waals surface area contributed by atoms with Gasteiger partial charge in [-0.3, -0.25) is 9.69 Å². The van der Waals surface area contributed by atoms with Crippen molar-refractivity contribution in [3.63, 3.8) is 0 Å². The molecule has 1 saturated heterocycles. The summed E-state index contributed by atoms with van der Waals surface area (Å²) in [4.78, 5) is 13.3. The number of hydrogen-bond donors (Lipinski definition) is 1. The number of rotatable bonds is 6. The first-order chi connectivity index (χ1) is 10.6. The van der Waals surface area contributed by atoms with Gasteiger partial charge in [0.2, 0.25) is 0 Å². The van der Waals surface area contributed by atoms with Gasteiger partial charge in [-0.2, -0.15) is 0 Å². The molecular weight excluding hydrogens is 281 g/mol. The molecule has 1 aliphatic carbocycles. The van der Waals surface area contributed by atoms with Crippen molar-refractivity contribution in [2.75, 3.05) is 13.1 Å². The highest BCUT2D eigenvalue weighted by molar-refractivity contribution is 5.68. The summed E-state index contributed by atoms with van der Waals surface area (Å²) in [5.74, 6) is -0.590. The number of carbonyl (C=O) groups is 1. The number of likely N-dealkylation sites (tertiary alicyclic amines) is 1. The molecule has 22 heavy (non-hydrogen) atoms. The van der Waals surface area contributed by atoms with E-state index in [2.05, 4.69) is 4.90 Å². The molecule has 0 bridgehead atoms. The van der Waals surface area contributed by atoms with Crippen LogP contribution < -0.4 is 0 Å². The maximum absolute atomic E-state index is 14.4. The van der Waals surface area contributed by atoms with Crippen molar-refractivity contribution >= 4 is 5.97 Å². The Morgan fingerprint density at radius 2 is 2.00 bits per heavy atom. The molecule has 3 nitrogen and oxygen atoms in total. The highest BCUT2D eigenvalue weighted by atomic mass is 19.1. The standard InChI is InChI=1S/C18H24FNO2/c19-17-10-14(16(11-18(21)22)13-4-5-13)6-7-15(17)12-20-8-2-1-3-9-20/h6-7,10,13,16H,1-5,8-9,11-12H2,(H,21,22). The number of nitrogens with zero attached hydrogens (tertiary/aromatic N) is 1. The zero-order chi connectivity index (χ0) is 15.5. The van der Waals surface area contributed by atoms with Gasteiger partial charge < -0.3 is 5.11 Å². The van der Waals surface area contributed by atoms with Crippen LogP contribution in [0.1, 0.15) is 55.6 Å². The highest BCUT2D eigenvalue weighted by Gasteiger charge is 2.34. The van der Waals surface area contributed by atoms with E-state index < -0.39 is 5.97 Å². The Morgan fingerprint density at radius 1 is 1.27 bits per heavy atom. The predicted octanol–water partition coefficient (Wildman–Crippen LogP) is 3.78. The van der Waals surface area contributed by atoms with Crippen LogP contribution in [0.3, 0.4) is 0 Å². The van der Waals surface area contributed by atoms with Crippen LogP contribution >= 0.6 is 0 Å². The van der Waals surface area contributed by atoms with Gasteiger partial charge in [0.05, 0.1) is 6.42 Å². The lowest BCUT2D eigenvalue weighted by molar-refractivity contribution is -0.137. The fourth-order valence-corrected chi connectivity index (χ4v) is 3.52. The molecule has 1 atom stereocenters. The van der Waals surface area contributed by atoms with Crippen molar-refractivity contribution in [2.24, 2.45) is 5.92 Å². The van der Waals surface area contributed by atoms with Crippen LogP contribution in [-0.2, 0) is 11.3 Å². The Labute approximate surface area is 131 Å². The molecule has 120 valence electrons. The van der Waals surface area contributed by atoms with Gasteiger partial charge >= 0.3 is 5.97 Å². The zero-order valence-electron chi connectivity index (χ0n) is 12.9. The second-order valence-corrected chi connectivity index (χ2v) is 6.73. The molecular formula is C18H24FNO2. The third kappa shape index (κ3) is 3.86. The fraction of sp³-hybridized carbons (Fsp3) is 0.611. The van der Waals surface area contributed by atoms with E-state index in [0.29, 0.717) is 12.5 Å². The van der Waals surface area contributed by atoms with Gasteiger partial charge in [0.1, 0.15) is 5.82 Å². The average Bonchev–Trinajstić information content (AvgIpc) is 3.32. The van der Waals surface area contributed by atoms with E-state index in [0.717, 1.165) is 37.1 Å². The summed E-state index contributed by atoms with van der Waals surface area (Å²) in [7, 11) is 0. The number of benzene rings is 1. The van der Waals surface area contributed by atoms with Crippen LogP contribution in [0.5, 0.6) is 0 Å². The number of hydrogen-bond acceptors (Lipinski definition) is 2. The van der Waals surface area contributed by atoms with Crippen molar-refractivity contribution in [1.82, 2.24) is 4.90 Å². The Bertz CT molecular complexity index is 536. The lowest BCUT2D eigenvalue weighted by Gasteiger charge is -2.26. The Morgan fingerprint density at radius 3 is 2.59 bits per heavy atom. The Hall–Kier alpha value is -1.42. The normalized spacial score (nSPS) is 20.8. The van der Waals surface area contributed by atoms with Gasteiger partial charge in [-0.1, -0.05) is 18.6 Å². The molecule has 1 aliphatic heterocycles. The summed E-state index contributed by atoms with van der Waals surface area (Å²) in [6.07, 6.45) is 5.90. The first kappa shape index (κ1) is 15.5. The summed E-state index contributed by atoms with van der Waals surface area (Å²) < 4.78 is 14.4. The van der Waals surface area contributed by atoms with Gasteiger partial charge in [0.25, 0.3) is 0 Å². The zero-order valence-corrected chi connectivity index (χ0v) is 12.9. The number of halogens is 1. The van der Waals surface area contributed by atoms with E-state index in [9.17, 15) is 9.18 Å². The van der Waals surface area contributed by atoms with Gasteiger partial charge in [-0.15, -0.1) is 0 Å². The summed E-state index contributed by atoms with van der Waals surface area (Å²) in [5.41, 5.74) is 1.58. The molecule has 1 saturated carbocycles. The molecule has 2 aliphatic rings. The topological polar surface area (TPSA) is 40.5 Å². The minimum atomic E-state index is -0.797. The molecule has 4 heteroatoms. The van der Waals surface area contributed by atoms with Crippen molar-refractivity contribution in [2.45, 2.75) is 51.0 Å². The molecule has 0 aromatic heterocycles. The van der Waals surface area contributed by atoms with Gasteiger partial charge in [-0.25, -0.2) is 4.39 Å². The quantitative estimate of drug-likeness (QED) is 0.869. The molecule has 1 aromatic carbocycles. The average molecular weight is 305 g/mol. The molecule has 0 amide bonds. The summed E-state index contributed by atoms with van der Waals surface area (Å²) >= 11 is 0. The largest absolute Gasteiger partial charge is 0.481 e. The molecule has 2 fully saturated rings. The fourth-order valence-electron chi connectivity index (χ4n) is 3.52.